The number of nitro benzene ring substituents is 2. The zero-order valence-corrected chi connectivity index (χ0v) is 14.6. The summed E-state index contributed by atoms with van der Waals surface area (Å²) in [6.45, 7) is 7.00. The predicted molar refractivity (Wildman–Crippen MR) is 91.8 cm³/mol. The van der Waals surface area contributed by atoms with Gasteiger partial charge in [-0.2, -0.15) is 0 Å². The van der Waals surface area contributed by atoms with Crippen LogP contribution in [-0.2, 0) is 9.47 Å². The molecule has 0 spiro atoms. The van der Waals surface area contributed by atoms with Gasteiger partial charge in [-0.1, -0.05) is 13.8 Å². The molecule has 25 heavy (non-hydrogen) atoms. The largest absolute Gasteiger partial charge is 0.360 e. The molecule has 0 N–H and O–H groups in total. The standard InChI is InChI=1S/C16H23N3O6/c1-4-6-17(7-5-2)15-13(18(20)21)8-12(9-14(15)19(22)23)16-24-10-11(3)25-16/h8-9,11,16H,4-7,10H2,1-3H3. The van der Waals surface area contributed by atoms with Gasteiger partial charge in [0.05, 0.1) is 22.6 Å². The maximum Gasteiger partial charge on any atom is 0.300 e. The topological polar surface area (TPSA) is 108 Å². The van der Waals surface area contributed by atoms with Gasteiger partial charge in [-0.05, 0) is 19.8 Å². The fraction of sp³-hybridized carbons (Fsp3) is 0.625. The molecule has 1 aliphatic heterocycles. The van der Waals surface area contributed by atoms with E-state index in [0.717, 1.165) is 12.8 Å². The highest BCUT2D eigenvalue weighted by atomic mass is 16.7. The van der Waals surface area contributed by atoms with Crippen LogP contribution in [0, 0.1) is 20.2 Å². The van der Waals surface area contributed by atoms with Crippen molar-refractivity contribution in [3.8, 4) is 0 Å². The number of nitro groups is 2. The third-order valence-corrected chi connectivity index (χ3v) is 3.90. The van der Waals surface area contributed by atoms with E-state index in [1.54, 1.807) is 11.8 Å². The van der Waals surface area contributed by atoms with Crippen molar-refractivity contribution < 1.29 is 19.3 Å². The van der Waals surface area contributed by atoms with Gasteiger partial charge >= 0.3 is 0 Å². The summed E-state index contributed by atoms with van der Waals surface area (Å²) in [5.74, 6) is 0. The molecule has 1 heterocycles. The van der Waals surface area contributed by atoms with E-state index >= 15 is 0 Å². The SMILES string of the molecule is CCCN(CCC)c1c([N+](=O)[O-])cc(C2OCC(C)O2)cc1[N+](=O)[O-]. The van der Waals surface area contributed by atoms with Gasteiger partial charge < -0.3 is 14.4 Å². The summed E-state index contributed by atoms with van der Waals surface area (Å²) >= 11 is 0. The molecule has 0 bridgehead atoms. The van der Waals surface area contributed by atoms with E-state index < -0.39 is 16.1 Å². The Labute approximate surface area is 145 Å². The van der Waals surface area contributed by atoms with E-state index in [0.29, 0.717) is 25.3 Å². The normalized spacial score (nSPS) is 19.8. The molecule has 0 amide bonds. The summed E-state index contributed by atoms with van der Waals surface area (Å²) in [7, 11) is 0. The second-order valence-corrected chi connectivity index (χ2v) is 6.02. The van der Waals surface area contributed by atoms with Crippen molar-refractivity contribution in [3.05, 3.63) is 37.9 Å². The number of anilines is 1. The minimum atomic E-state index is -0.827. The number of nitrogens with zero attached hydrogens (tertiary/aromatic N) is 3. The first-order valence-corrected chi connectivity index (χ1v) is 8.37. The van der Waals surface area contributed by atoms with Gasteiger partial charge in [0, 0.05) is 30.8 Å². The molecular weight excluding hydrogens is 330 g/mol. The van der Waals surface area contributed by atoms with Crippen molar-refractivity contribution in [2.75, 3.05) is 24.6 Å². The lowest BCUT2D eigenvalue weighted by Gasteiger charge is -2.24. The van der Waals surface area contributed by atoms with E-state index in [-0.39, 0.29) is 23.2 Å². The third-order valence-electron chi connectivity index (χ3n) is 3.90. The van der Waals surface area contributed by atoms with Gasteiger partial charge in [0.15, 0.2) is 12.0 Å². The summed E-state index contributed by atoms with van der Waals surface area (Å²) in [6.07, 6.45) is 0.455. The Morgan fingerprint density at radius 1 is 1.12 bits per heavy atom. The molecule has 9 heteroatoms. The Morgan fingerprint density at radius 2 is 1.64 bits per heavy atom. The lowest BCUT2D eigenvalue weighted by molar-refractivity contribution is -0.392. The number of hydrogen-bond acceptors (Lipinski definition) is 7. The van der Waals surface area contributed by atoms with Crippen molar-refractivity contribution in [3.63, 3.8) is 0 Å². The van der Waals surface area contributed by atoms with Crippen LogP contribution in [0.2, 0.25) is 0 Å². The van der Waals surface area contributed by atoms with E-state index in [1.807, 2.05) is 13.8 Å². The Balaban J connectivity index is 2.59. The zero-order valence-electron chi connectivity index (χ0n) is 14.6. The molecule has 2 unspecified atom stereocenters. The van der Waals surface area contributed by atoms with Crippen LogP contribution in [0.3, 0.4) is 0 Å². The van der Waals surface area contributed by atoms with Crippen molar-refractivity contribution in [1.29, 1.82) is 0 Å². The molecule has 1 saturated heterocycles. The smallest absolute Gasteiger partial charge is 0.300 e. The second kappa shape index (κ2) is 8.21. The van der Waals surface area contributed by atoms with Crippen LogP contribution < -0.4 is 4.90 Å². The average molecular weight is 353 g/mol. The molecule has 138 valence electrons. The first-order valence-electron chi connectivity index (χ1n) is 8.37. The number of ether oxygens (including phenoxy) is 2. The maximum absolute atomic E-state index is 11.6. The van der Waals surface area contributed by atoms with Gasteiger partial charge in [0.1, 0.15) is 0 Å². The van der Waals surface area contributed by atoms with Crippen LogP contribution in [0.15, 0.2) is 12.1 Å². The van der Waals surface area contributed by atoms with Crippen molar-refractivity contribution in [1.82, 2.24) is 0 Å². The lowest BCUT2D eigenvalue weighted by atomic mass is 10.1. The molecule has 2 atom stereocenters. The molecule has 1 fully saturated rings. The first kappa shape index (κ1) is 19.1. The maximum atomic E-state index is 11.6. The van der Waals surface area contributed by atoms with Gasteiger partial charge in [-0.15, -0.1) is 0 Å². The van der Waals surface area contributed by atoms with Crippen molar-refractivity contribution >= 4 is 17.1 Å². The van der Waals surface area contributed by atoms with Crippen molar-refractivity contribution in [2.45, 2.75) is 46.0 Å². The Kier molecular flexibility index (Phi) is 6.27. The number of hydrogen-bond donors (Lipinski definition) is 0. The van der Waals surface area contributed by atoms with Gasteiger partial charge in [-0.25, -0.2) is 0 Å². The number of rotatable bonds is 8. The zero-order chi connectivity index (χ0) is 18.6. The summed E-state index contributed by atoms with van der Waals surface area (Å²) < 4.78 is 11.0. The predicted octanol–water partition coefficient (Wildman–Crippen LogP) is 3.56. The third kappa shape index (κ3) is 4.23. The molecular formula is C16H23N3O6. The summed E-state index contributed by atoms with van der Waals surface area (Å²) in [6, 6.07) is 2.65. The second-order valence-electron chi connectivity index (χ2n) is 6.02. The molecule has 2 rings (SSSR count). The highest BCUT2D eigenvalue weighted by Crippen LogP contribution is 2.42. The molecule has 0 aromatic heterocycles. The van der Waals surface area contributed by atoms with Gasteiger partial charge in [0.2, 0.25) is 0 Å². The molecule has 0 saturated carbocycles. The van der Waals surface area contributed by atoms with Crippen LogP contribution in [0.1, 0.15) is 45.5 Å². The summed E-state index contributed by atoms with van der Waals surface area (Å²) in [4.78, 5) is 23.8. The van der Waals surface area contributed by atoms with E-state index in [1.165, 1.54) is 12.1 Å². The minimum Gasteiger partial charge on any atom is -0.360 e. The van der Waals surface area contributed by atoms with Crippen LogP contribution in [0.4, 0.5) is 17.1 Å². The molecule has 1 aromatic carbocycles. The van der Waals surface area contributed by atoms with Crippen molar-refractivity contribution in [2.24, 2.45) is 0 Å². The molecule has 1 aliphatic rings. The minimum absolute atomic E-state index is 0.0495. The van der Waals surface area contributed by atoms with E-state index in [4.69, 9.17) is 9.47 Å². The van der Waals surface area contributed by atoms with Crippen LogP contribution in [0.25, 0.3) is 0 Å². The van der Waals surface area contributed by atoms with Crippen LogP contribution in [-0.4, -0.2) is 35.6 Å². The van der Waals surface area contributed by atoms with Crippen LogP contribution >= 0.6 is 0 Å². The average Bonchev–Trinajstić information content (AvgIpc) is 2.99. The quantitative estimate of drug-likeness (QED) is 0.519. The fourth-order valence-corrected chi connectivity index (χ4v) is 2.93. The number of benzene rings is 1. The molecule has 0 aliphatic carbocycles. The monoisotopic (exact) mass is 353 g/mol. The van der Waals surface area contributed by atoms with Crippen LogP contribution in [0.5, 0.6) is 0 Å². The van der Waals surface area contributed by atoms with E-state index in [2.05, 4.69) is 0 Å². The van der Waals surface area contributed by atoms with Gasteiger partial charge in [-0.3, -0.25) is 20.2 Å². The molecule has 0 radical (unpaired) electrons. The lowest BCUT2D eigenvalue weighted by Crippen LogP contribution is -2.26. The first-order chi connectivity index (χ1) is 11.9. The highest BCUT2D eigenvalue weighted by molar-refractivity contribution is 5.76. The highest BCUT2D eigenvalue weighted by Gasteiger charge is 2.34. The molecule has 9 nitrogen and oxygen atoms in total. The summed E-state index contributed by atoms with van der Waals surface area (Å²) in [5, 5.41) is 23.2. The molecule has 1 aromatic rings. The Hall–Kier alpha value is -2.26. The fourth-order valence-electron chi connectivity index (χ4n) is 2.93. The van der Waals surface area contributed by atoms with Gasteiger partial charge in [0.25, 0.3) is 11.4 Å². The van der Waals surface area contributed by atoms with E-state index in [9.17, 15) is 20.2 Å². The Morgan fingerprint density at radius 3 is 2.00 bits per heavy atom. The summed E-state index contributed by atoms with van der Waals surface area (Å²) in [5.41, 5.74) is -0.247. The Bertz CT molecular complexity index is 610.